The molecule has 2 atom stereocenters. The van der Waals surface area contributed by atoms with Crippen molar-refractivity contribution in [3.8, 4) is 11.3 Å². The van der Waals surface area contributed by atoms with Gasteiger partial charge in [0.1, 0.15) is 11.5 Å². The van der Waals surface area contributed by atoms with Gasteiger partial charge in [-0.2, -0.15) is 0 Å². The highest BCUT2D eigenvalue weighted by Gasteiger charge is 2.40. The number of pyridine rings is 1. The Balaban J connectivity index is 0.00000192. The first-order chi connectivity index (χ1) is 13.2. The summed E-state index contributed by atoms with van der Waals surface area (Å²) >= 11 is 0. The highest BCUT2D eigenvalue weighted by atomic mass is 35.5. The highest BCUT2D eigenvalue weighted by Crippen LogP contribution is 2.35. The molecule has 0 bridgehead atoms. The van der Waals surface area contributed by atoms with Gasteiger partial charge in [0.05, 0.1) is 30.6 Å². The fourth-order valence-electron chi connectivity index (χ4n) is 3.89. The zero-order valence-electron chi connectivity index (χ0n) is 14.8. The maximum atomic E-state index is 14.1. The Kier molecular flexibility index (Phi) is 5.09. The Labute approximate surface area is 166 Å². The lowest BCUT2D eigenvalue weighted by atomic mass is 10.1. The van der Waals surface area contributed by atoms with E-state index in [0.29, 0.717) is 24.4 Å². The smallest absolute Gasteiger partial charge is 0.150 e. The quantitative estimate of drug-likeness (QED) is 0.670. The summed E-state index contributed by atoms with van der Waals surface area (Å²) in [4.78, 5) is 6.04. The number of hydrogen-bond donors (Lipinski definition) is 0. The standard InChI is InChI=1S/C19H17F2N5O.ClH/c20-13-3-1-12(2-4-13)8-25-9-16-18(10-25)27-11-17-19(23-24-26(16)17)14-5-6-22-7-15(14)21;/h1-7,16,18H,8-11H2;1H/t16-,18-;/m1./s1. The molecule has 2 aliphatic rings. The van der Waals surface area contributed by atoms with Gasteiger partial charge in [-0.05, 0) is 23.8 Å². The van der Waals surface area contributed by atoms with Gasteiger partial charge in [0, 0.05) is 31.4 Å². The topological polar surface area (TPSA) is 56.1 Å². The van der Waals surface area contributed by atoms with Crippen molar-refractivity contribution in [1.82, 2.24) is 24.9 Å². The van der Waals surface area contributed by atoms with E-state index in [0.717, 1.165) is 24.3 Å². The normalized spacial score (nSPS) is 21.1. The largest absolute Gasteiger partial charge is 0.368 e. The summed E-state index contributed by atoms with van der Waals surface area (Å²) < 4.78 is 35.1. The van der Waals surface area contributed by atoms with Gasteiger partial charge in [0.15, 0.2) is 5.82 Å². The molecule has 0 radical (unpaired) electrons. The van der Waals surface area contributed by atoms with Crippen LogP contribution < -0.4 is 0 Å². The lowest BCUT2D eigenvalue weighted by Gasteiger charge is -2.26. The van der Waals surface area contributed by atoms with Crippen LogP contribution in [0.4, 0.5) is 8.78 Å². The molecule has 5 rings (SSSR count). The minimum Gasteiger partial charge on any atom is -0.368 e. The number of ether oxygens (including phenoxy) is 1. The first-order valence-electron chi connectivity index (χ1n) is 8.81. The van der Waals surface area contributed by atoms with Gasteiger partial charge in [-0.25, -0.2) is 13.5 Å². The van der Waals surface area contributed by atoms with Crippen LogP contribution in [-0.2, 0) is 17.9 Å². The fourth-order valence-corrected chi connectivity index (χ4v) is 3.89. The third-order valence-corrected chi connectivity index (χ3v) is 5.20. The predicted molar refractivity (Wildman–Crippen MR) is 99.8 cm³/mol. The molecule has 0 amide bonds. The third kappa shape index (κ3) is 3.28. The Morgan fingerprint density at radius 2 is 1.93 bits per heavy atom. The molecular formula is C19H18ClF2N5O. The SMILES string of the molecule is Cl.Fc1ccc(CN2C[C@@H]3[C@@H](C2)OCc2c(-c4ccncc4F)nnn23)cc1. The Hall–Kier alpha value is -2.42. The maximum absolute atomic E-state index is 14.1. The molecule has 2 aliphatic heterocycles. The number of benzene rings is 1. The van der Waals surface area contributed by atoms with Crippen molar-refractivity contribution in [3.05, 3.63) is 65.6 Å². The predicted octanol–water partition coefficient (Wildman–Crippen LogP) is 3.00. The van der Waals surface area contributed by atoms with Crippen molar-refractivity contribution in [2.24, 2.45) is 0 Å². The summed E-state index contributed by atoms with van der Waals surface area (Å²) in [7, 11) is 0. The number of nitrogens with zero attached hydrogens (tertiary/aromatic N) is 5. The summed E-state index contributed by atoms with van der Waals surface area (Å²) in [5.41, 5.74) is 2.72. The molecule has 0 saturated carbocycles. The lowest BCUT2D eigenvalue weighted by Crippen LogP contribution is -2.32. The van der Waals surface area contributed by atoms with Gasteiger partial charge in [-0.3, -0.25) is 9.88 Å². The van der Waals surface area contributed by atoms with Crippen LogP contribution in [0, 0.1) is 11.6 Å². The molecule has 1 aromatic carbocycles. The van der Waals surface area contributed by atoms with Gasteiger partial charge in [0.25, 0.3) is 0 Å². The van der Waals surface area contributed by atoms with Crippen LogP contribution >= 0.6 is 12.4 Å². The maximum Gasteiger partial charge on any atom is 0.150 e. The van der Waals surface area contributed by atoms with Crippen LogP contribution in [0.3, 0.4) is 0 Å². The molecule has 146 valence electrons. The molecule has 4 heterocycles. The van der Waals surface area contributed by atoms with E-state index in [1.165, 1.54) is 24.5 Å². The minimum atomic E-state index is -0.424. The van der Waals surface area contributed by atoms with Gasteiger partial charge in [-0.15, -0.1) is 17.5 Å². The number of likely N-dealkylation sites (tertiary alicyclic amines) is 1. The highest BCUT2D eigenvalue weighted by molar-refractivity contribution is 5.85. The Bertz CT molecular complexity index is 981. The van der Waals surface area contributed by atoms with E-state index in [1.807, 2.05) is 4.68 Å². The summed E-state index contributed by atoms with van der Waals surface area (Å²) in [5, 5.41) is 8.51. The third-order valence-electron chi connectivity index (χ3n) is 5.20. The van der Waals surface area contributed by atoms with Gasteiger partial charge in [-0.1, -0.05) is 17.3 Å². The van der Waals surface area contributed by atoms with Crippen LogP contribution in [0.15, 0.2) is 42.7 Å². The molecule has 0 aliphatic carbocycles. The Morgan fingerprint density at radius 3 is 2.71 bits per heavy atom. The van der Waals surface area contributed by atoms with E-state index < -0.39 is 5.82 Å². The van der Waals surface area contributed by atoms with E-state index in [2.05, 4.69) is 20.2 Å². The number of halogens is 3. The summed E-state index contributed by atoms with van der Waals surface area (Å²) in [6, 6.07) is 8.16. The van der Waals surface area contributed by atoms with Gasteiger partial charge in [0.2, 0.25) is 0 Å². The van der Waals surface area contributed by atoms with Crippen LogP contribution in [0.1, 0.15) is 17.3 Å². The number of rotatable bonds is 3. The Morgan fingerprint density at radius 1 is 1.11 bits per heavy atom. The average Bonchev–Trinajstić information content (AvgIpc) is 3.27. The van der Waals surface area contributed by atoms with Crippen molar-refractivity contribution >= 4 is 12.4 Å². The van der Waals surface area contributed by atoms with E-state index >= 15 is 0 Å². The van der Waals surface area contributed by atoms with E-state index in [-0.39, 0.29) is 30.4 Å². The van der Waals surface area contributed by atoms with Crippen molar-refractivity contribution < 1.29 is 13.5 Å². The lowest BCUT2D eigenvalue weighted by molar-refractivity contribution is -0.00494. The van der Waals surface area contributed by atoms with Gasteiger partial charge < -0.3 is 4.74 Å². The molecule has 0 N–H and O–H groups in total. The van der Waals surface area contributed by atoms with Crippen molar-refractivity contribution in [2.75, 3.05) is 13.1 Å². The molecule has 3 aromatic rings. The number of aromatic nitrogens is 4. The van der Waals surface area contributed by atoms with Gasteiger partial charge >= 0.3 is 0 Å². The summed E-state index contributed by atoms with van der Waals surface area (Å²) in [6.45, 7) is 2.57. The number of fused-ring (bicyclic) bond motifs is 3. The monoisotopic (exact) mass is 405 g/mol. The first kappa shape index (κ1) is 18.9. The van der Waals surface area contributed by atoms with Crippen molar-refractivity contribution in [3.63, 3.8) is 0 Å². The van der Waals surface area contributed by atoms with Crippen molar-refractivity contribution in [2.45, 2.75) is 25.3 Å². The second kappa shape index (κ2) is 7.54. The van der Waals surface area contributed by atoms with Crippen LogP contribution in [0.25, 0.3) is 11.3 Å². The minimum absolute atomic E-state index is 0. The molecular weight excluding hydrogens is 388 g/mol. The van der Waals surface area contributed by atoms with Crippen LogP contribution in [-0.4, -0.2) is 44.1 Å². The number of hydrogen-bond acceptors (Lipinski definition) is 5. The van der Waals surface area contributed by atoms with E-state index in [9.17, 15) is 8.78 Å². The molecule has 1 saturated heterocycles. The second-order valence-corrected chi connectivity index (χ2v) is 6.92. The average molecular weight is 406 g/mol. The second-order valence-electron chi connectivity index (χ2n) is 6.92. The molecule has 1 fully saturated rings. The molecule has 0 spiro atoms. The summed E-state index contributed by atoms with van der Waals surface area (Å²) in [6.07, 6.45) is 2.72. The van der Waals surface area contributed by atoms with Crippen LogP contribution in [0.2, 0.25) is 0 Å². The van der Waals surface area contributed by atoms with Crippen molar-refractivity contribution in [1.29, 1.82) is 0 Å². The molecule has 2 aromatic heterocycles. The van der Waals surface area contributed by atoms with E-state index in [4.69, 9.17) is 4.74 Å². The first-order valence-corrected chi connectivity index (χ1v) is 8.81. The summed E-state index contributed by atoms with van der Waals surface area (Å²) in [5.74, 6) is -0.660. The van der Waals surface area contributed by atoms with Crippen LogP contribution in [0.5, 0.6) is 0 Å². The molecule has 0 unspecified atom stereocenters. The van der Waals surface area contributed by atoms with E-state index in [1.54, 1.807) is 18.2 Å². The molecule has 6 nitrogen and oxygen atoms in total. The fraction of sp³-hybridized carbons (Fsp3) is 0.316. The molecule has 9 heteroatoms. The zero-order chi connectivity index (χ0) is 18.4. The molecule has 28 heavy (non-hydrogen) atoms. The zero-order valence-corrected chi connectivity index (χ0v) is 15.6.